The van der Waals surface area contributed by atoms with Crippen LogP contribution < -0.4 is 0 Å². The summed E-state index contributed by atoms with van der Waals surface area (Å²) < 4.78 is 0. The Balaban J connectivity index is 0.000000158. The average Bonchev–Trinajstić information content (AvgIpc) is 3.23. The van der Waals surface area contributed by atoms with E-state index in [0.29, 0.717) is 0 Å². The van der Waals surface area contributed by atoms with Crippen molar-refractivity contribution in [3.05, 3.63) is 101 Å². The minimum atomic E-state index is 0.722. The molecule has 0 radical (unpaired) electrons. The first kappa shape index (κ1) is 17.3. The lowest BCUT2D eigenvalue weighted by atomic mass is 9.81. The van der Waals surface area contributed by atoms with Crippen LogP contribution in [0.5, 0.6) is 0 Å². The Kier molecular flexibility index (Phi) is 4.49. The van der Waals surface area contributed by atoms with Gasteiger partial charge in [-0.05, 0) is 75.4 Å². The molecule has 4 aromatic rings. The largest absolute Gasteiger partial charge is 0.0795 e. The highest BCUT2D eigenvalue weighted by molar-refractivity contribution is 6.08. The van der Waals surface area contributed by atoms with Gasteiger partial charge in [0.15, 0.2) is 0 Å². The fraction of sp³-hybridized carbons (Fsp3) is 0.214. The lowest BCUT2D eigenvalue weighted by Gasteiger charge is -2.24. The molecule has 0 aliphatic heterocycles. The van der Waals surface area contributed by atoms with Gasteiger partial charge in [0.05, 0.1) is 0 Å². The van der Waals surface area contributed by atoms with Crippen LogP contribution in [-0.2, 0) is 12.8 Å². The first-order valence-corrected chi connectivity index (χ1v) is 10.5. The van der Waals surface area contributed by atoms with Gasteiger partial charge in [-0.2, -0.15) is 0 Å². The molecule has 0 nitrogen and oxygen atoms in total. The van der Waals surface area contributed by atoms with Crippen LogP contribution in [0.3, 0.4) is 0 Å². The molecule has 1 unspecified atom stereocenters. The number of hydrogen-bond acceptors (Lipinski definition) is 0. The molecule has 6 rings (SSSR count). The van der Waals surface area contributed by atoms with Crippen LogP contribution in [-0.4, -0.2) is 0 Å². The zero-order valence-electron chi connectivity index (χ0n) is 16.5. The molecule has 0 fully saturated rings. The molecule has 0 amide bonds. The molecule has 0 saturated heterocycles. The lowest BCUT2D eigenvalue weighted by molar-refractivity contribution is 0.593. The highest BCUT2D eigenvalue weighted by atomic mass is 14.2. The van der Waals surface area contributed by atoms with Gasteiger partial charge in [-0.15, -0.1) is 0 Å². The van der Waals surface area contributed by atoms with Crippen molar-refractivity contribution >= 4 is 27.6 Å². The van der Waals surface area contributed by atoms with Crippen LogP contribution in [0.15, 0.2) is 78.9 Å². The molecular weight excluding hydrogens is 336 g/mol. The molecule has 0 saturated carbocycles. The number of allylic oxidation sites excluding steroid dienone is 1. The summed E-state index contributed by atoms with van der Waals surface area (Å²) in [5.74, 6) is 0.722. The van der Waals surface area contributed by atoms with Crippen molar-refractivity contribution < 1.29 is 0 Å². The van der Waals surface area contributed by atoms with Gasteiger partial charge in [-0.1, -0.05) is 91.9 Å². The second-order valence-electron chi connectivity index (χ2n) is 8.11. The molecule has 1 atom stereocenters. The Morgan fingerprint density at radius 1 is 0.750 bits per heavy atom. The summed E-state index contributed by atoms with van der Waals surface area (Å²) >= 11 is 0. The zero-order chi connectivity index (χ0) is 18.9. The van der Waals surface area contributed by atoms with E-state index in [-0.39, 0.29) is 0 Å². The van der Waals surface area contributed by atoms with Gasteiger partial charge in [0, 0.05) is 0 Å². The van der Waals surface area contributed by atoms with E-state index in [9.17, 15) is 0 Å². The van der Waals surface area contributed by atoms with Crippen LogP contribution in [0, 0.1) is 0 Å². The predicted molar refractivity (Wildman–Crippen MR) is 122 cm³/mol. The smallest absolute Gasteiger partial charge is 0.00882 e. The maximum Gasteiger partial charge on any atom is -0.00882 e. The second-order valence-corrected chi connectivity index (χ2v) is 8.11. The van der Waals surface area contributed by atoms with Crippen molar-refractivity contribution in [2.75, 3.05) is 0 Å². The predicted octanol–water partition coefficient (Wildman–Crippen LogP) is 7.69. The number of aryl methyl sites for hydroxylation is 1. The summed E-state index contributed by atoms with van der Waals surface area (Å²) in [6.07, 6.45) is 9.41. The van der Waals surface area contributed by atoms with E-state index in [0.717, 1.165) is 12.3 Å². The average molecular weight is 363 g/mol. The summed E-state index contributed by atoms with van der Waals surface area (Å²) in [7, 11) is 0. The van der Waals surface area contributed by atoms with Crippen LogP contribution >= 0.6 is 0 Å². The van der Waals surface area contributed by atoms with Crippen molar-refractivity contribution in [2.24, 2.45) is 0 Å². The first-order chi connectivity index (χ1) is 13.8. The summed E-state index contributed by atoms with van der Waals surface area (Å²) in [6, 6.07) is 26.5. The molecule has 0 heterocycles. The van der Waals surface area contributed by atoms with Crippen LogP contribution in [0.2, 0.25) is 0 Å². The van der Waals surface area contributed by atoms with Crippen molar-refractivity contribution in [1.82, 2.24) is 0 Å². The number of rotatable bonds is 0. The lowest BCUT2D eigenvalue weighted by Crippen LogP contribution is -2.07. The molecule has 0 aromatic heterocycles. The normalized spacial score (nSPS) is 17.1. The molecule has 28 heavy (non-hydrogen) atoms. The molecule has 0 N–H and O–H groups in total. The van der Waals surface area contributed by atoms with Crippen molar-refractivity contribution in [3.63, 3.8) is 0 Å². The molecular formula is C28H26. The molecule has 0 spiro atoms. The Morgan fingerprint density at radius 2 is 1.57 bits per heavy atom. The summed E-state index contributed by atoms with van der Waals surface area (Å²) in [5, 5.41) is 5.63. The molecule has 2 aliphatic carbocycles. The van der Waals surface area contributed by atoms with Crippen LogP contribution in [0.4, 0.5) is 0 Å². The third-order valence-electron chi connectivity index (χ3n) is 6.36. The topological polar surface area (TPSA) is 0 Å². The van der Waals surface area contributed by atoms with E-state index in [1.54, 1.807) is 11.1 Å². The van der Waals surface area contributed by atoms with E-state index < -0.39 is 0 Å². The van der Waals surface area contributed by atoms with E-state index >= 15 is 0 Å². The van der Waals surface area contributed by atoms with Crippen LogP contribution in [0.1, 0.15) is 47.9 Å². The van der Waals surface area contributed by atoms with E-state index in [1.807, 2.05) is 0 Å². The van der Waals surface area contributed by atoms with Crippen LogP contribution in [0.25, 0.3) is 27.6 Å². The molecule has 0 bridgehead atoms. The minimum absolute atomic E-state index is 0.722. The van der Waals surface area contributed by atoms with E-state index in [4.69, 9.17) is 0 Å². The van der Waals surface area contributed by atoms with Gasteiger partial charge in [0.2, 0.25) is 0 Å². The van der Waals surface area contributed by atoms with E-state index in [1.165, 1.54) is 51.9 Å². The molecule has 138 valence electrons. The highest BCUT2D eigenvalue weighted by Gasteiger charge is 2.18. The van der Waals surface area contributed by atoms with Gasteiger partial charge in [-0.25, -0.2) is 0 Å². The van der Waals surface area contributed by atoms with Gasteiger partial charge in [0.1, 0.15) is 0 Å². The third-order valence-corrected chi connectivity index (χ3v) is 6.36. The summed E-state index contributed by atoms with van der Waals surface area (Å²) in [5.41, 5.74) is 6.02. The van der Waals surface area contributed by atoms with Crippen molar-refractivity contribution in [3.8, 4) is 0 Å². The van der Waals surface area contributed by atoms with Gasteiger partial charge in [0.25, 0.3) is 0 Å². The molecule has 0 heteroatoms. The van der Waals surface area contributed by atoms with Gasteiger partial charge < -0.3 is 0 Å². The molecule has 4 aromatic carbocycles. The fourth-order valence-corrected chi connectivity index (χ4v) is 4.84. The highest BCUT2D eigenvalue weighted by Crippen LogP contribution is 2.37. The Hall–Kier alpha value is -2.86. The van der Waals surface area contributed by atoms with Crippen molar-refractivity contribution in [1.29, 1.82) is 0 Å². The Morgan fingerprint density at radius 3 is 2.50 bits per heavy atom. The summed E-state index contributed by atoms with van der Waals surface area (Å²) in [6.45, 7) is 2.37. The fourth-order valence-electron chi connectivity index (χ4n) is 4.84. The maximum absolute atomic E-state index is 2.37. The number of fused-ring (bicyclic) bond motifs is 6. The minimum Gasteiger partial charge on any atom is -0.0795 e. The van der Waals surface area contributed by atoms with Crippen molar-refractivity contribution in [2.45, 2.75) is 38.5 Å². The number of benzene rings is 4. The standard InChI is InChI=1S/C19H18.C9H8/c1-13-5-4-8-17-15(13)11-12-18-16-7-3-2-6-14(16)9-10-19(17)18;1-2-5-9-7-3-6-8(9)4-1/h2-3,6-7,9-13H,4-5,8H2,1H3;1-6H,7H2. The Labute approximate surface area is 167 Å². The van der Waals surface area contributed by atoms with E-state index in [2.05, 4.69) is 91.9 Å². The zero-order valence-corrected chi connectivity index (χ0v) is 16.5. The Bertz CT molecular complexity index is 1180. The first-order valence-electron chi connectivity index (χ1n) is 10.5. The summed E-state index contributed by atoms with van der Waals surface area (Å²) in [4.78, 5) is 0. The number of hydrogen-bond donors (Lipinski definition) is 0. The second kappa shape index (κ2) is 7.28. The third kappa shape index (κ3) is 3.03. The SMILES string of the molecule is C1=Cc2ccccc2C1.CC1CCCc2c1ccc1c2ccc2ccccc21. The van der Waals surface area contributed by atoms with Gasteiger partial charge >= 0.3 is 0 Å². The van der Waals surface area contributed by atoms with Gasteiger partial charge in [-0.3, -0.25) is 0 Å². The molecule has 2 aliphatic rings. The quantitative estimate of drug-likeness (QED) is 0.281. The monoisotopic (exact) mass is 362 g/mol. The maximum atomic E-state index is 2.37.